The number of piperidine rings is 1. The van der Waals surface area contributed by atoms with Gasteiger partial charge < -0.3 is 16.0 Å². The molecule has 0 saturated carbocycles. The third kappa shape index (κ3) is 5.12. The fraction of sp³-hybridized carbons (Fsp3) is 0.476. The molecule has 0 radical (unpaired) electrons. The van der Waals surface area contributed by atoms with E-state index in [-0.39, 0.29) is 5.91 Å². The summed E-state index contributed by atoms with van der Waals surface area (Å²) in [5, 5.41) is 7.93. The van der Waals surface area contributed by atoms with E-state index in [1.54, 1.807) is 0 Å². The summed E-state index contributed by atoms with van der Waals surface area (Å²) < 4.78 is 1.90. The highest BCUT2D eigenvalue weighted by atomic mass is 16.1. The molecule has 1 atom stereocenters. The molecule has 1 aliphatic heterocycles. The number of nitrogens with two attached hydrogens (primary N) is 1. The number of nitrogens with zero attached hydrogens (tertiary/aromatic N) is 4. The van der Waals surface area contributed by atoms with Gasteiger partial charge in [0.15, 0.2) is 5.96 Å². The maximum atomic E-state index is 11.3. The molecule has 1 fully saturated rings. The fourth-order valence-corrected chi connectivity index (χ4v) is 3.71. The summed E-state index contributed by atoms with van der Waals surface area (Å²) in [7, 11) is 0. The van der Waals surface area contributed by atoms with Crippen LogP contribution in [-0.4, -0.2) is 46.2 Å². The topological polar surface area (TPSA) is 88.5 Å². The standard InChI is InChI=1S/C21H30N6O/c1-3-23-21(26-11-6-7-17(15-26)13-20(22)28)24-14-18-8-4-5-9-19(18)27-12-10-16(2)25-27/h4-5,8-10,12,17H,3,6-7,11,13-15H2,1-2H3,(H2,22,28)(H,23,24). The van der Waals surface area contributed by atoms with Crippen LogP contribution >= 0.6 is 0 Å². The van der Waals surface area contributed by atoms with Crippen molar-refractivity contribution in [3.05, 3.63) is 47.8 Å². The molecule has 28 heavy (non-hydrogen) atoms. The van der Waals surface area contributed by atoms with Gasteiger partial charge in [-0.05, 0) is 50.3 Å². The summed E-state index contributed by atoms with van der Waals surface area (Å²) in [4.78, 5) is 18.4. The fourth-order valence-electron chi connectivity index (χ4n) is 3.71. The molecular formula is C21H30N6O. The van der Waals surface area contributed by atoms with Crippen LogP contribution in [0.15, 0.2) is 41.5 Å². The van der Waals surface area contributed by atoms with Crippen molar-refractivity contribution >= 4 is 11.9 Å². The molecule has 150 valence electrons. The van der Waals surface area contributed by atoms with Gasteiger partial charge in [-0.15, -0.1) is 0 Å². The van der Waals surface area contributed by atoms with Crippen molar-refractivity contribution in [1.29, 1.82) is 0 Å². The lowest BCUT2D eigenvalue weighted by Gasteiger charge is -2.34. The Kier molecular flexibility index (Phi) is 6.68. The molecule has 1 saturated heterocycles. The summed E-state index contributed by atoms with van der Waals surface area (Å²) in [6.45, 7) is 7.18. The molecule has 1 aromatic carbocycles. The second-order valence-corrected chi connectivity index (χ2v) is 7.33. The van der Waals surface area contributed by atoms with E-state index in [0.717, 1.165) is 55.4 Å². The lowest BCUT2D eigenvalue weighted by atomic mass is 9.95. The van der Waals surface area contributed by atoms with Crippen LogP contribution in [0.4, 0.5) is 0 Å². The highest BCUT2D eigenvalue weighted by Gasteiger charge is 2.23. The Balaban J connectivity index is 1.77. The van der Waals surface area contributed by atoms with Crippen molar-refractivity contribution in [1.82, 2.24) is 20.0 Å². The van der Waals surface area contributed by atoms with Crippen molar-refractivity contribution in [3.8, 4) is 5.69 Å². The van der Waals surface area contributed by atoms with Crippen LogP contribution in [0.5, 0.6) is 0 Å². The minimum atomic E-state index is -0.225. The largest absolute Gasteiger partial charge is 0.370 e. The first-order chi connectivity index (χ1) is 13.6. The zero-order valence-corrected chi connectivity index (χ0v) is 16.8. The number of guanidine groups is 1. The summed E-state index contributed by atoms with van der Waals surface area (Å²) in [6, 6.07) is 10.2. The number of rotatable bonds is 6. The van der Waals surface area contributed by atoms with Gasteiger partial charge in [0.1, 0.15) is 0 Å². The molecule has 7 nitrogen and oxygen atoms in total. The first kappa shape index (κ1) is 19.9. The molecule has 3 rings (SSSR count). The number of hydrogen-bond donors (Lipinski definition) is 2. The molecule has 1 amide bonds. The van der Waals surface area contributed by atoms with Gasteiger partial charge in [0.2, 0.25) is 5.91 Å². The molecule has 0 spiro atoms. The zero-order valence-electron chi connectivity index (χ0n) is 16.8. The molecule has 1 aromatic heterocycles. The van der Waals surface area contributed by atoms with Gasteiger partial charge in [-0.2, -0.15) is 5.10 Å². The highest BCUT2D eigenvalue weighted by molar-refractivity contribution is 5.80. The summed E-state index contributed by atoms with van der Waals surface area (Å²) in [5.74, 6) is 0.967. The number of aliphatic imine (C=N–C) groups is 1. The monoisotopic (exact) mass is 382 g/mol. The van der Waals surface area contributed by atoms with Crippen LogP contribution in [0.1, 0.15) is 37.4 Å². The molecule has 0 aliphatic carbocycles. The van der Waals surface area contributed by atoms with E-state index in [2.05, 4.69) is 34.4 Å². The van der Waals surface area contributed by atoms with Gasteiger partial charge >= 0.3 is 0 Å². The van der Waals surface area contributed by atoms with Gasteiger partial charge in [-0.3, -0.25) is 4.79 Å². The number of hydrogen-bond acceptors (Lipinski definition) is 3. The van der Waals surface area contributed by atoms with Crippen LogP contribution in [0.2, 0.25) is 0 Å². The Morgan fingerprint density at radius 3 is 2.89 bits per heavy atom. The van der Waals surface area contributed by atoms with Crippen LogP contribution in [0.3, 0.4) is 0 Å². The number of benzene rings is 1. The Hall–Kier alpha value is -2.83. The molecular weight excluding hydrogens is 352 g/mol. The second kappa shape index (κ2) is 9.39. The number of carbonyl (C=O) groups excluding carboxylic acids is 1. The number of carbonyl (C=O) groups is 1. The second-order valence-electron chi connectivity index (χ2n) is 7.33. The third-order valence-electron chi connectivity index (χ3n) is 5.00. The third-order valence-corrected chi connectivity index (χ3v) is 5.00. The normalized spacial score (nSPS) is 17.6. The maximum absolute atomic E-state index is 11.3. The minimum Gasteiger partial charge on any atom is -0.370 e. The number of aryl methyl sites for hydroxylation is 1. The Labute approximate surface area is 166 Å². The van der Waals surface area contributed by atoms with E-state index >= 15 is 0 Å². The smallest absolute Gasteiger partial charge is 0.217 e. The van der Waals surface area contributed by atoms with E-state index in [1.165, 1.54) is 0 Å². The van der Waals surface area contributed by atoms with Crippen LogP contribution < -0.4 is 11.1 Å². The van der Waals surface area contributed by atoms with Crippen LogP contribution in [0.25, 0.3) is 5.69 Å². The lowest BCUT2D eigenvalue weighted by Crippen LogP contribution is -2.47. The van der Waals surface area contributed by atoms with Crippen LogP contribution in [0, 0.1) is 12.8 Å². The van der Waals surface area contributed by atoms with Gasteiger partial charge in [0, 0.05) is 32.3 Å². The van der Waals surface area contributed by atoms with Crippen molar-refractivity contribution < 1.29 is 4.79 Å². The number of amides is 1. The molecule has 0 bridgehead atoms. The number of aromatic nitrogens is 2. The first-order valence-corrected chi connectivity index (χ1v) is 9.99. The minimum absolute atomic E-state index is 0.225. The number of primary amides is 1. The lowest BCUT2D eigenvalue weighted by molar-refractivity contribution is -0.119. The van der Waals surface area contributed by atoms with E-state index in [9.17, 15) is 4.79 Å². The van der Waals surface area contributed by atoms with Gasteiger partial charge in [0.05, 0.1) is 17.9 Å². The average Bonchev–Trinajstić information content (AvgIpc) is 3.11. The van der Waals surface area contributed by atoms with Crippen molar-refractivity contribution in [3.63, 3.8) is 0 Å². The van der Waals surface area contributed by atoms with Crippen molar-refractivity contribution in [2.45, 2.75) is 39.7 Å². The van der Waals surface area contributed by atoms with E-state index in [4.69, 9.17) is 10.7 Å². The molecule has 2 aromatic rings. The molecule has 3 N–H and O–H groups in total. The average molecular weight is 383 g/mol. The van der Waals surface area contributed by atoms with E-state index in [0.29, 0.717) is 18.9 Å². The summed E-state index contributed by atoms with van der Waals surface area (Å²) in [6.07, 6.45) is 4.51. The van der Waals surface area contributed by atoms with E-state index in [1.807, 2.05) is 36.0 Å². The molecule has 1 unspecified atom stereocenters. The highest BCUT2D eigenvalue weighted by Crippen LogP contribution is 2.20. The van der Waals surface area contributed by atoms with Crippen LogP contribution in [-0.2, 0) is 11.3 Å². The maximum Gasteiger partial charge on any atom is 0.217 e. The predicted molar refractivity (Wildman–Crippen MR) is 111 cm³/mol. The van der Waals surface area contributed by atoms with Crippen molar-refractivity contribution in [2.24, 2.45) is 16.6 Å². The van der Waals surface area contributed by atoms with Gasteiger partial charge in [-0.1, -0.05) is 18.2 Å². The predicted octanol–water partition coefficient (Wildman–Crippen LogP) is 2.23. The Morgan fingerprint density at radius 2 is 2.18 bits per heavy atom. The number of para-hydroxylation sites is 1. The zero-order chi connectivity index (χ0) is 19.9. The van der Waals surface area contributed by atoms with Crippen molar-refractivity contribution in [2.75, 3.05) is 19.6 Å². The van der Waals surface area contributed by atoms with Gasteiger partial charge in [-0.25, -0.2) is 9.67 Å². The molecule has 1 aliphatic rings. The Morgan fingerprint density at radius 1 is 1.36 bits per heavy atom. The SMILES string of the molecule is CCNC(=NCc1ccccc1-n1ccc(C)n1)N1CCCC(CC(N)=O)C1. The quantitative estimate of drug-likeness (QED) is 0.592. The summed E-state index contributed by atoms with van der Waals surface area (Å²) >= 11 is 0. The molecule has 2 heterocycles. The Bertz CT molecular complexity index is 828. The summed E-state index contributed by atoms with van der Waals surface area (Å²) in [5.41, 5.74) is 8.55. The van der Waals surface area contributed by atoms with E-state index < -0.39 is 0 Å². The van der Waals surface area contributed by atoms with Gasteiger partial charge in [0.25, 0.3) is 0 Å². The first-order valence-electron chi connectivity index (χ1n) is 9.99. The number of likely N-dealkylation sites (tertiary alicyclic amines) is 1. The number of nitrogens with one attached hydrogen (secondary N) is 1. The molecule has 7 heteroatoms.